The van der Waals surface area contributed by atoms with E-state index in [0.29, 0.717) is 0 Å². The van der Waals surface area contributed by atoms with Crippen molar-refractivity contribution >= 4 is 7.26 Å². The van der Waals surface area contributed by atoms with Crippen molar-refractivity contribution in [3.05, 3.63) is 0 Å². The summed E-state index contributed by atoms with van der Waals surface area (Å²) in [5.74, 6) is 0. The first-order chi connectivity index (χ1) is 5.06. The summed E-state index contributed by atoms with van der Waals surface area (Å²) in [6, 6.07) is 0. The third-order valence-corrected chi connectivity index (χ3v) is 3.16. The molecule has 2 nitrogen and oxygen atoms in total. The Morgan fingerprint density at radius 2 is 1.82 bits per heavy atom. The summed E-state index contributed by atoms with van der Waals surface area (Å²) in [6.07, 6.45) is 2.70. The summed E-state index contributed by atoms with van der Waals surface area (Å²) >= 11 is 0. The predicted octanol–water partition coefficient (Wildman–Crippen LogP) is 0.832. The molecule has 0 aliphatic carbocycles. The molecule has 0 aromatic rings. The Morgan fingerprint density at radius 3 is 2.27 bits per heavy atom. The second-order valence-corrected chi connectivity index (χ2v) is 8.93. The van der Waals surface area contributed by atoms with Gasteiger partial charge in [0, 0.05) is 40.3 Å². The molecule has 0 aliphatic heterocycles. The summed E-state index contributed by atoms with van der Waals surface area (Å²) < 4.78 is 0. The van der Waals surface area contributed by atoms with Crippen molar-refractivity contribution in [2.45, 2.75) is 6.42 Å². The topological polar surface area (TPSA) is 38.0 Å². The van der Waals surface area contributed by atoms with Gasteiger partial charge in [0.15, 0.2) is 0 Å². The fraction of sp³-hybridized carbons (Fsp3) is 1.00. The van der Waals surface area contributed by atoms with Gasteiger partial charge in [-0.1, -0.05) is 0 Å². The molecule has 0 spiro atoms. The summed E-state index contributed by atoms with van der Waals surface area (Å²) in [6.45, 7) is 10.0. The van der Waals surface area contributed by atoms with Crippen molar-refractivity contribution in [3.63, 3.8) is 0 Å². The number of rotatable bonds is 6. The average Bonchev–Trinajstić information content (AvgIpc) is 1.85. The lowest BCUT2D eigenvalue weighted by Gasteiger charge is -2.11. The normalized spacial score (nSPS) is 12.0. The first-order valence-electron chi connectivity index (χ1n) is 4.27. The van der Waals surface area contributed by atoms with Crippen LogP contribution in [0.1, 0.15) is 6.42 Å². The van der Waals surface area contributed by atoms with E-state index in [1.807, 2.05) is 0 Å². The lowest BCUT2D eigenvalue weighted by Crippen LogP contribution is -2.23. The van der Waals surface area contributed by atoms with E-state index in [2.05, 4.69) is 25.3 Å². The van der Waals surface area contributed by atoms with Gasteiger partial charge in [-0.25, -0.2) is 0 Å². The molecule has 0 aliphatic rings. The molecular weight excluding hydrogens is 155 g/mol. The minimum absolute atomic E-state index is 0.536. The molecule has 3 N–H and O–H groups in total. The van der Waals surface area contributed by atoms with Crippen molar-refractivity contribution in [1.82, 2.24) is 5.32 Å². The van der Waals surface area contributed by atoms with Crippen molar-refractivity contribution < 1.29 is 0 Å². The minimum atomic E-state index is -0.536. The van der Waals surface area contributed by atoms with Crippen LogP contribution in [0.4, 0.5) is 0 Å². The first-order valence-corrected chi connectivity index (χ1v) is 7.59. The lowest BCUT2D eigenvalue weighted by molar-refractivity contribution is 0.680. The molecule has 0 saturated carbocycles. The highest BCUT2D eigenvalue weighted by Gasteiger charge is 2.15. The van der Waals surface area contributed by atoms with Gasteiger partial charge in [0.1, 0.15) is 0 Å². The van der Waals surface area contributed by atoms with Crippen molar-refractivity contribution in [2.75, 3.05) is 45.8 Å². The third-order valence-electron chi connectivity index (χ3n) is 1.50. The minimum Gasteiger partial charge on any atom is -0.329 e. The average molecular weight is 177 g/mol. The van der Waals surface area contributed by atoms with Crippen LogP contribution in [0.5, 0.6) is 0 Å². The standard InChI is InChI=1S/C8H22N2P/c1-11(2,3)8-4-6-10-7-5-9/h10H,4-9H2,1-3H3/q+1. The van der Waals surface area contributed by atoms with Gasteiger partial charge in [0.05, 0.1) is 6.16 Å². The van der Waals surface area contributed by atoms with E-state index >= 15 is 0 Å². The molecule has 0 atom stereocenters. The zero-order valence-electron chi connectivity index (χ0n) is 8.06. The Labute approximate surface area is 71.3 Å². The molecule has 0 unspecified atom stereocenters. The summed E-state index contributed by atoms with van der Waals surface area (Å²) in [5.41, 5.74) is 5.34. The number of hydrogen-bond acceptors (Lipinski definition) is 2. The van der Waals surface area contributed by atoms with Crippen molar-refractivity contribution in [2.24, 2.45) is 5.73 Å². The second-order valence-electron chi connectivity index (χ2n) is 3.91. The Morgan fingerprint density at radius 1 is 1.18 bits per heavy atom. The highest BCUT2D eigenvalue weighted by atomic mass is 31.2. The van der Waals surface area contributed by atoms with E-state index in [-0.39, 0.29) is 0 Å². The molecule has 0 heterocycles. The van der Waals surface area contributed by atoms with Crippen LogP contribution in [0.2, 0.25) is 0 Å². The molecule has 0 radical (unpaired) electrons. The molecule has 0 amide bonds. The van der Waals surface area contributed by atoms with E-state index in [1.54, 1.807) is 0 Å². The van der Waals surface area contributed by atoms with Crippen LogP contribution in [0.15, 0.2) is 0 Å². The van der Waals surface area contributed by atoms with Gasteiger partial charge >= 0.3 is 0 Å². The van der Waals surface area contributed by atoms with Crippen LogP contribution >= 0.6 is 7.26 Å². The number of nitrogens with two attached hydrogens (primary N) is 1. The summed E-state index contributed by atoms with van der Waals surface area (Å²) in [5, 5.41) is 3.30. The summed E-state index contributed by atoms with van der Waals surface area (Å²) in [7, 11) is -0.536. The fourth-order valence-electron chi connectivity index (χ4n) is 0.905. The third kappa shape index (κ3) is 10.4. The second kappa shape index (κ2) is 5.93. The van der Waals surface area contributed by atoms with Gasteiger partial charge in [0.25, 0.3) is 0 Å². The highest BCUT2D eigenvalue weighted by molar-refractivity contribution is 7.73. The van der Waals surface area contributed by atoms with Crippen LogP contribution in [-0.2, 0) is 0 Å². The monoisotopic (exact) mass is 177 g/mol. The SMILES string of the molecule is C[P+](C)(C)CCCNCCN. The van der Waals surface area contributed by atoms with Crippen LogP contribution in [0.3, 0.4) is 0 Å². The lowest BCUT2D eigenvalue weighted by atomic mass is 10.5. The molecule has 0 fully saturated rings. The van der Waals surface area contributed by atoms with E-state index in [1.165, 1.54) is 12.6 Å². The molecular formula is C8H22N2P+. The van der Waals surface area contributed by atoms with E-state index in [0.717, 1.165) is 19.6 Å². The molecule has 0 aromatic carbocycles. The van der Waals surface area contributed by atoms with E-state index in [9.17, 15) is 0 Å². The van der Waals surface area contributed by atoms with Gasteiger partial charge in [0.2, 0.25) is 0 Å². The molecule has 3 heteroatoms. The molecule has 11 heavy (non-hydrogen) atoms. The van der Waals surface area contributed by atoms with Crippen LogP contribution in [-0.4, -0.2) is 45.8 Å². The Balaban J connectivity index is 3.02. The van der Waals surface area contributed by atoms with Gasteiger partial charge in [-0.3, -0.25) is 0 Å². The quantitative estimate of drug-likeness (QED) is 0.466. The molecule has 0 bridgehead atoms. The Kier molecular flexibility index (Phi) is 6.12. The maximum absolute atomic E-state index is 5.34. The van der Waals surface area contributed by atoms with Gasteiger partial charge in [-0.2, -0.15) is 0 Å². The Hall–Kier alpha value is 0.350. The van der Waals surface area contributed by atoms with Gasteiger partial charge in [-0.15, -0.1) is 0 Å². The van der Waals surface area contributed by atoms with Crippen LogP contribution in [0.25, 0.3) is 0 Å². The van der Waals surface area contributed by atoms with E-state index < -0.39 is 7.26 Å². The molecule has 0 saturated heterocycles. The first kappa shape index (κ1) is 11.4. The predicted molar refractivity (Wildman–Crippen MR) is 56.1 cm³/mol. The largest absolute Gasteiger partial charge is 0.329 e. The Bertz CT molecular complexity index is 88.6. The maximum Gasteiger partial charge on any atom is 0.0598 e. The summed E-state index contributed by atoms with van der Waals surface area (Å²) in [4.78, 5) is 0. The molecule has 0 aromatic heterocycles. The van der Waals surface area contributed by atoms with Gasteiger partial charge in [-0.05, 0) is 13.0 Å². The number of nitrogens with one attached hydrogen (secondary N) is 1. The van der Waals surface area contributed by atoms with Crippen LogP contribution < -0.4 is 11.1 Å². The number of hydrogen-bond donors (Lipinski definition) is 2. The van der Waals surface area contributed by atoms with Crippen molar-refractivity contribution in [3.8, 4) is 0 Å². The van der Waals surface area contributed by atoms with E-state index in [4.69, 9.17) is 5.73 Å². The molecule has 0 rings (SSSR count). The fourth-order valence-corrected chi connectivity index (χ4v) is 2.01. The van der Waals surface area contributed by atoms with Gasteiger partial charge < -0.3 is 11.1 Å². The van der Waals surface area contributed by atoms with Crippen LogP contribution in [0, 0.1) is 0 Å². The zero-order chi connectivity index (χ0) is 8.74. The zero-order valence-corrected chi connectivity index (χ0v) is 8.95. The smallest absolute Gasteiger partial charge is 0.0598 e. The highest BCUT2D eigenvalue weighted by Crippen LogP contribution is 2.46. The molecule has 68 valence electrons. The van der Waals surface area contributed by atoms with Crippen molar-refractivity contribution in [1.29, 1.82) is 0 Å². The maximum atomic E-state index is 5.34.